The van der Waals surface area contributed by atoms with Crippen LogP contribution in [0.2, 0.25) is 0 Å². The van der Waals surface area contributed by atoms with Gasteiger partial charge in [0.25, 0.3) is 11.4 Å². The number of alkyl halides is 3. The van der Waals surface area contributed by atoms with Crippen molar-refractivity contribution in [2.45, 2.75) is 64.2 Å². The molecule has 0 saturated carbocycles. The minimum atomic E-state index is -5.23. The predicted octanol–water partition coefficient (Wildman–Crippen LogP) is 5.63. The Kier molecular flexibility index (Phi) is 11.2. The van der Waals surface area contributed by atoms with Crippen molar-refractivity contribution in [1.82, 2.24) is 10.6 Å². The fourth-order valence-corrected chi connectivity index (χ4v) is 4.13. The molecule has 0 aliphatic carbocycles. The molecule has 1 heterocycles. The van der Waals surface area contributed by atoms with E-state index in [0.29, 0.717) is 44.1 Å². The molecule has 3 rings (SSSR count). The van der Waals surface area contributed by atoms with Crippen LogP contribution in [0, 0.1) is 0 Å². The van der Waals surface area contributed by atoms with Gasteiger partial charge in [-0.2, -0.15) is 18.0 Å². The van der Waals surface area contributed by atoms with Gasteiger partial charge >= 0.3 is 18.2 Å². The highest BCUT2D eigenvalue weighted by Gasteiger charge is 2.46. The van der Waals surface area contributed by atoms with Gasteiger partial charge < -0.3 is 10.6 Å². The molecule has 2 aromatic carbocycles. The number of nitrogens with zero attached hydrogens (tertiary/aromatic N) is 1. The summed E-state index contributed by atoms with van der Waals surface area (Å²) in [4.78, 5) is 41.4. The molecule has 3 aromatic rings. The Morgan fingerprint density at radius 2 is 1.55 bits per heavy atom. The number of hydrogen-bond acceptors (Lipinski definition) is 4. The Labute approximate surface area is 231 Å². The van der Waals surface area contributed by atoms with E-state index in [1.807, 2.05) is 30.3 Å². The Morgan fingerprint density at radius 1 is 0.875 bits per heavy atom. The number of pyridine rings is 1. The maximum atomic E-state index is 13.3. The number of carbonyl (C=O) groups excluding carboxylic acids is 3. The van der Waals surface area contributed by atoms with Crippen molar-refractivity contribution in [3.8, 4) is 11.3 Å². The maximum Gasteiger partial charge on any atom is 0.498 e. The average molecular weight is 557 g/mol. The third-order valence-corrected chi connectivity index (χ3v) is 6.25. The second kappa shape index (κ2) is 14.8. The van der Waals surface area contributed by atoms with E-state index in [-0.39, 0.29) is 23.7 Å². The van der Waals surface area contributed by atoms with E-state index in [2.05, 4.69) is 10.6 Å². The van der Waals surface area contributed by atoms with Crippen molar-refractivity contribution in [3.05, 3.63) is 90.1 Å². The van der Waals surface area contributed by atoms with Crippen LogP contribution in [0.15, 0.2) is 78.9 Å². The topological polar surface area (TPSA) is 88.4 Å². The van der Waals surface area contributed by atoms with Crippen LogP contribution in [0.4, 0.5) is 18.0 Å². The highest BCUT2D eigenvalue weighted by Crippen LogP contribution is 2.23. The van der Waals surface area contributed by atoms with Gasteiger partial charge in [0, 0.05) is 36.2 Å². The minimum absolute atomic E-state index is 0.155. The molecule has 1 atom stereocenters. The average Bonchev–Trinajstić information content (AvgIpc) is 2.95. The van der Waals surface area contributed by atoms with Gasteiger partial charge in [0.2, 0.25) is 0 Å². The van der Waals surface area contributed by atoms with Gasteiger partial charge in [-0.05, 0) is 36.6 Å². The standard InChI is InChI=1S/C30H32F3N3O4/c1-2-24(37)17-10-5-11-18-25(35-29(39)34-21-22-13-6-3-7-14-22)27-20-12-19-26(23-15-8-4-9-16-23)36(27)40-28(38)30(31,32)33/h3-4,6-9,12-16,19-20,25H,2,5,10-11,17-18,21H2,1H3,(H-,34,35,39)/p+1/t25-/m0/s1. The molecule has 2 amide bonds. The van der Waals surface area contributed by atoms with Crippen molar-refractivity contribution in [2.75, 3.05) is 0 Å². The van der Waals surface area contributed by atoms with Crippen LogP contribution >= 0.6 is 0 Å². The number of amides is 2. The van der Waals surface area contributed by atoms with Gasteiger partial charge in [-0.15, -0.1) is 0 Å². The van der Waals surface area contributed by atoms with Crippen LogP contribution < -0.4 is 20.2 Å². The van der Waals surface area contributed by atoms with E-state index in [1.54, 1.807) is 43.3 Å². The van der Waals surface area contributed by atoms with Gasteiger partial charge in [-0.25, -0.2) is 9.59 Å². The van der Waals surface area contributed by atoms with E-state index in [9.17, 15) is 27.6 Å². The third kappa shape index (κ3) is 9.21. The summed E-state index contributed by atoms with van der Waals surface area (Å²) in [6.45, 7) is 2.04. The first-order chi connectivity index (χ1) is 19.2. The quantitative estimate of drug-likeness (QED) is 0.211. The zero-order valence-electron chi connectivity index (χ0n) is 22.2. The zero-order chi connectivity index (χ0) is 29.0. The normalized spacial score (nSPS) is 11.9. The van der Waals surface area contributed by atoms with Gasteiger partial charge in [0.1, 0.15) is 11.8 Å². The third-order valence-electron chi connectivity index (χ3n) is 6.25. The smallest absolute Gasteiger partial charge is 0.334 e. The fourth-order valence-electron chi connectivity index (χ4n) is 4.13. The largest absolute Gasteiger partial charge is 0.498 e. The van der Waals surface area contributed by atoms with Crippen molar-refractivity contribution in [2.24, 2.45) is 0 Å². The molecule has 0 saturated heterocycles. The maximum absolute atomic E-state index is 13.3. The van der Waals surface area contributed by atoms with E-state index in [0.717, 1.165) is 10.3 Å². The zero-order valence-corrected chi connectivity index (χ0v) is 22.2. The molecule has 0 radical (unpaired) electrons. The van der Waals surface area contributed by atoms with Gasteiger partial charge in [0.05, 0.1) is 5.56 Å². The summed E-state index contributed by atoms with van der Waals surface area (Å²) in [6.07, 6.45) is -2.08. The molecule has 0 spiro atoms. The number of hydrogen-bond donors (Lipinski definition) is 2. The summed E-state index contributed by atoms with van der Waals surface area (Å²) in [6, 6.07) is 21.1. The predicted molar refractivity (Wildman–Crippen MR) is 143 cm³/mol. The van der Waals surface area contributed by atoms with E-state index >= 15 is 0 Å². The molecule has 212 valence electrons. The Hall–Kier alpha value is -4.21. The molecule has 0 unspecified atom stereocenters. The molecule has 10 heteroatoms. The number of aromatic nitrogens is 1. The lowest BCUT2D eigenvalue weighted by atomic mass is 10.0. The second-order valence-electron chi connectivity index (χ2n) is 9.23. The molecule has 0 aliphatic rings. The van der Waals surface area contributed by atoms with E-state index in [4.69, 9.17) is 4.84 Å². The molecular formula is C30H33F3N3O4+. The number of benzene rings is 2. The number of rotatable bonds is 13. The van der Waals surface area contributed by atoms with Crippen LogP contribution in [0.25, 0.3) is 11.3 Å². The monoisotopic (exact) mass is 556 g/mol. The van der Waals surface area contributed by atoms with Crippen molar-refractivity contribution in [1.29, 1.82) is 0 Å². The molecule has 1 aromatic heterocycles. The minimum Gasteiger partial charge on any atom is -0.334 e. The lowest BCUT2D eigenvalue weighted by Gasteiger charge is -2.18. The lowest BCUT2D eigenvalue weighted by molar-refractivity contribution is -0.868. The molecule has 7 nitrogen and oxygen atoms in total. The van der Waals surface area contributed by atoms with Gasteiger partial charge in [-0.3, -0.25) is 4.79 Å². The summed E-state index contributed by atoms with van der Waals surface area (Å²) >= 11 is 0. The first-order valence-corrected chi connectivity index (χ1v) is 13.2. The summed E-state index contributed by atoms with van der Waals surface area (Å²) in [5, 5.41) is 5.60. The number of ketones is 1. The van der Waals surface area contributed by atoms with Crippen LogP contribution in [0.5, 0.6) is 0 Å². The SMILES string of the molecule is CCC(=O)CCCCC[C@H](NC(=O)NCc1ccccc1)c1cccc(-c2ccccc2)[n+]1OC(=O)C(F)(F)F. The van der Waals surface area contributed by atoms with Crippen LogP contribution in [-0.2, 0) is 16.1 Å². The molecule has 40 heavy (non-hydrogen) atoms. The van der Waals surface area contributed by atoms with Crippen molar-refractivity contribution < 1.29 is 37.1 Å². The number of halogens is 3. The fraction of sp³-hybridized carbons (Fsp3) is 0.333. The Bertz CT molecular complexity index is 1270. The van der Waals surface area contributed by atoms with E-state index in [1.165, 1.54) is 12.1 Å². The summed E-state index contributed by atoms with van der Waals surface area (Å²) in [7, 11) is 0. The molecule has 0 bridgehead atoms. The number of unbranched alkanes of at least 4 members (excludes halogenated alkanes) is 2. The number of carbonyl (C=O) groups is 3. The van der Waals surface area contributed by atoms with E-state index < -0.39 is 24.2 Å². The molecule has 0 aliphatic heterocycles. The highest BCUT2D eigenvalue weighted by molar-refractivity contribution is 5.78. The number of Topliss-reactive ketones (excluding diaryl/α,β-unsaturated/α-hetero) is 1. The Balaban J connectivity index is 1.91. The Morgan fingerprint density at radius 3 is 2.20 bits per heavy atom. The number of urea groups is 1. The lowest BCUT2D eigenvalue weighted by Crippen LogP contribution is -2.56. The van der Waals surface area contributed by atoms with Gasteiger partial charge in [0.15, 0.2) is 0 Å². The molecule has 2 N–H and O–H groups in total. The summed E-state index contributed by atoms with van der Waals surface area (Å²) < 4.78 is 40.6. The second-order valence-corrected chi connectivity index (χ2v) is 9.23. The highest BCUT2D eigenvalue weighted by atomic mass is 19.4. The van der Waals surface area contributed by atoms with Crippen molar-refractivity contribution >= 4 is 17.8 Å². The first-order valence-electron chi connectivity index (χ1n) is 13.2. The molecule has 0 fully saturated rings. The summed E-state index contributed by atoms with van der Waals surface area (Å²) in [5.74, 6) is -2.23. The van der Waals surface area contributed by atoms with Crippen LogP contribution in [0.3, 0.4) is 0 Å². The first kappa shape index (κ1) is 30.3. The number of nitrogens with one attached hydrogen (secondary N) is 2. The summed E-state index contributed by atoms with van der Waals surface area (Å²) in [5.41, 5.74) is 1.76. The van der Waals surface area contributed by atoms with Crippen LogP contribution in [-0.4, -0.2) is 24.0 Å². The van der Waals surface area contributed by atoms with Gasteiger partial charge in [-0.1, -0.05) is 68.3 Å². The molecular weight excluding hydrogens is 523 g/mol. The van der Waals surface area contributed by atoms with Crippen LogP contribution in [0.1, 0.15) is 62.7 Å². The van der Waals surface area contributed by atoms with Crippen molar-refractivity contribution in [3.63, 3.8) is 0 Å².